The van der Waals surface area contributed by atoms with Crippen LogP contribution in [0.1, 0.15) is 0 Å². The second kappa shape index (κ2) is 4.88. The standard InChI is InChI=1S/C13H8N4O3/c18-17(19)11-5-1-3-9(7-11)12-15-16-13(20-12)10-4-2-6-14-8-10/h1-8H. The number of rotatable bonds is 3. The molecule has 0 aliphatic carbocycles. The van der Waals surface area contributed by atoms with E-state index in [0.29, 0.717) is 17.0 Å². The van der Waals surface area contributed by atoms with Crippen LogP contribution in [-0.2, 0) is 0 Å². The topological polar surface area (TPSA) is 95.0 Å². The van der Waals surface area contributed by atoms with Gasteiger partial charge in [-0.2, -0.15) is 0 Å². The zero-order chi connectivity index (χ0) is 13.9. The van der Waals surface area contributed by atoms with E-state index >= 15 is 0 Å². The predicted molar refractivity (Wildman–Crippen MR) is 69.6 cm³/mol. The van der Waals surface area contributed by atoms with Gasteiger partial charge in [0.25, 0.3) is 5.69 Å². The van der Waals surface area contributed by atoms with E-state index < -0.39 is 4.92 Å². The molecule has 0 aliphatic heterocycles. The van der Waals surface area contributed by atoms with Gasteiger partial charge in [-0.3, -0.25) is 15.1 Å². The van der Waals surface area contributed by atoms with Gasteiger partial charge in [0.15, 0.2) is 0 Å². The first-order valence-corrected chi connectivity index (χ1v) is 5.73. The Balaban J connectivity index is 1.98. The number of nitrogens with zero attached hydrogens (tertiary/aromatic N) is 4. The highest BCUT2D eigenvalue weighted by Crippen LogP contribution is 2.25. The monoisotopic (exact) mass is 268 g/mol. The maximum Gasteiger partial charge on any atom is 0.270 e. The van der Waals surface area contributed by atoms with Crippen molar-refractivity contribution in [2.45, 2.75) is 0 Å². The SMILES string of the molecule is O=[N+]([O-])c1cccc(-c2nnc(-c3cccnc3)o2)c1. The normalized spacial score (nSPS) is 10.4. The summed E-state index contributed by atoms with van der Waals surface area (Å²) in [5.41, 5.74) is 1.17. The molecule has 0 saturated heterocycles. The third kappa shape index (κ3) is 2.24. The molecule has 0 amide bonds. The summed E-state index contributed by atoms with van der Waals surface area (Å²) in [6, 6.07) is 9.59. The molecule has 0 aliphatic rings. The number of hydrogen-bond acceptors (Lipinski definition) is 6. The molecule has 3 rings (SSSR count). The van der Waals surface area contributed by atoms with E-state index in [0.717, 1.165) is 0 Å². The minimum Gasteiger partial charge on any atom is -0.416 e. The lowest BCUT2D eigenvalue weighted by atomic mass is 10.2. The molecule has 0 N–H and O–H groups in total. The Hall–Kier alpha value is -3.09. The summed E-state index contributed by atoms with van der Waals surface area (Å²) >= 11 is 0. The molecule has 1 aromatic carbocycles. The summed E-state index contributed by atoms with van der Waals surface area (Å²) in [6.45, 7) is 0. The molecule has 98 valence electrons. The van der Waals surface area contributed by atoms with Crippen LogP contribution in [-0.4, -0.2) is 20.1 Å². The highest BCUT2D eigenvalue weighted by Gasteiger charge is 2.13. The predicted octanol–water partition coefficient (Wildman–Crippen LogP) is 2.71. The zero-order valence-electron chi connectivity index (χ0n) is 10.1. The molecule has 0 unspecified atom stereocenters. The van der Waals surface area contributed by atoms with Crippen molar-refractivity contribution in [2.24, 2.45) is 0 Å². The first-order chi connectivity index (χ1) is 9.74. The molecule has 0 fully saturated rings. The maximum atomic E-state index is 10.7. The lowest BCUT2D eigenvalue weighted by Crippen LogP contribution is -1.88. The number of hydrogen-bond donors (Lipinski definition) is 0. The fraction of sp³-hybridized carbons (Fsp3) is 0. The van der Waals surface area contributed by atoms with Gasteiger partial charge in [0.1, 0.15) is 0 Å². The van der Waals surface area contributed by atoms with Crippen molar-refractivity contribution >= 4 is 5.69 Å². The second-order valence-electron chi connectivity index (χ2n) is 3.96. The molecule has 0 radical (unpaired) electrons. The van der Waals surface area contributed by atoms with Crippen molar-refractivity contribution in [3.05, 3.63) is 58.9 Å². The quantitative estimate of drug-likeness (QED) is 0.535. The third-order valence-corrected chi connectivity index (χ3v) is 2.64. The lowest BCUT2D eigenvalue weighted by Gasteiger charge is -1.95. The van der Waals surface area contributed by atoms with Crippen LogP contribution in [0, 0.1) is 10.1 Å². The van der Waals surface area contributed by atoms with E-state index in [-0.39, 0.29) is 11.6 Å². The molecule has 7 heteroatoms. The summed E-state index contributed by atoms with van der Waals surface area (Å²) in [5, 5.41) is 18.5. The van der Waals surface area contributed by atoms with Crippen LogP contribution in [0.25, 0.3) is 22.9 Å². The van der Waals surface area contributed by atoms with Crippen LogP contribution in [0.15, 0.2) is 53.2 Å². The first-order valence-electron chi connectivity index (χ1n) is 5.73. The van der Waals surface area contributed by atoms with E-state index in [1.807, 2.05) is 0 Å². The summed E-state index contributed by atoms with van der Waals surface area (Å²) in [7, 11) is 0. The summed E-state index contributed by atoms with van der Waals surface area (Å²) in [6.07, 6.45) is 3.24. The van der Waals surface area contributed by atoms with Gasteiger partial charge in [-0.05, 0) is 18.2 Å². The lowest BCUT2D eigenvalue weighted by molar-refractivity contribution is -0.384. The minimum atomic E-state index is -0.470. The van der Waals surface area contributed by atoms with Crippen molar-refractivity contribution in [3.63, 3.8) is 0 Å². The first kappa shape index (κ1) is 12.0. The van der Waals surface area contributed by atoms with Gasteiger partial charge in [-0.15, -0.1) is 10.2 Å². The van der Waals surface area contributed by atoms with Gasteiger partial charge in [-0.1, -0.05) is 6.07 Å². The van der Waals surface area contributed by atoms with E-state index in [1.54, 1.807) is 36.7 Å². The number of pyridine rings is 1. The average Bonchev–Trinajstić information content (AvgIpc) is 2.98. The number of aromatic nitrogens is 3. The molecule has 0 bridgehead atoms. The van der Waals surface area contributed by atoms with Gasteiger partial charge in [0.05, 0.1) is 10.5 Å². The van der Waals surface area contributed by atoms with E-state index in [9.17, 15) is 10.1 Å². The van der Waals surface area contributed by atoms with Gasteiger partial charge < -0.3 is 4.42 Å². The van der Waals surface area contributed by atoms with Crippen LogP contribution in [0.5, 0.6) is 0 Å². The van der Waals surface area contributed by atoms with Crippen LogP contribution in [0.4, 0.5) is 5.69 Å². The highest BCUT2D eigenvalue weighted by molar-refractivity contribution is 5.59. The highest BCUT2D eigenvalue weighted by atomic mass is 16.6. The molecule has 2 heterocycles. The number of nitro groups is 1. The smallest absolute Gasteiger partial charge is 0.270 e. The van der Waals surface area contributed by atoms with E-state index in [2.05, 4.69) is 15.2 Å². The van der Waals surface area contributed by atoms with Crippen molar-refractivity contribution in [3.8, 4) is 22.9 Å². The Morgan fingerprint density at radius 1 is 1.05 bits per heavy atom. The molecule has 20 heavy (non-hydrogen) atoms. The molecule has 2 aromatic heterocycles. The van der Waals surface area contributed by atoms with Gasteiger partial charge in [0.2, 0.25) is 11.8 Å². The average molecular weight is 268 g/mol. The molecular formula is C13H8N4O3. The molecule has 7 nitrogen and oxygen atoms in total. The number of benzene rings is 1. The molecular weight excluding hydrogens is 260 g/mol. The molecule has 3 aromatic rings. The Labute approximate surface area is 113 Å². The Kier molecular flexibility index (Phi) is 2.92. The third-order valence-electron chi connectivity index (χ3n) is 2.64. The summed E-state index contributed by atoms with van der Waals surface area (Å²) in [5.74, 6) is 0.548. The largest absolute Gasteiger partial charge is 0.416 e. The van der Waals surface area contributed by atoms with E-state index in [4.69, 9.17) is 4.42 Å². The molecule has 0 atom stereocenters. The van der Waals surface area contributed by atoms with Crippen molar-refractivity contribution in [1.82, 2.24) is 15.2 Å². The second-order valence-corrected chi connectivity index (χ2v) is 3.96. The van der Waals surface area contributed by atoms with Gasteiger partial charge >= 0.3 is 0 Å². The Morgan fingerprint density at radius 2 is 1.80 bits per heavy atom. The number of nitro benzene ring substituents is 1. The fourth-order valence-corrected chi connectivity index (χ4v) is 1.70. The zero-order valence-corrected chi connectivity index (χ0v) is 10.1. The Morgan fingerprint density at radius 3 is 2.50 bits per heavy atom. The minimum absolute atomic E-state index is 0.0244. The molecule has 0 spiro atoms. The van der Waals surface area contributed by atoms with Crippen molar-refractivity contribution in [1.29, 1.82) is 0 Å². The maximum absolute atomic E-state index is 10.7. The van der Waals surface area contributed by atoms with Crippen LogP contribution >= 0.6 is 0 Å². The fourth-order valence-electron chi connectivity index (χ4n) is 1.70. The van der Waals surface area contributed by atoms with Crippen LogP contribution < -0.4 is 0 Å². The number of non-ortho nitro benzene ring substituents is 1. The van der Waals surface area contributed by atoms with Crippen LogP contribution in [0.2, 0.25) is 0 Å². The Bertz CT molecular complexity index is 755. The molecule has 0 saturated carbocycles. The van der Waals surface area contributed by atoms with Gasteiger partial charge in [-0.25, -0.2) is 0 Å². The van der Waals surface area contributed by atoms with Crippen molar-refractivity contribution in [2.75, 3.05) is 0 Å². The van der Waals surface area contributed by atoms with Crippen LogP contribution in [0.3, 0.4) is 0 Å². The van der Waals surface area contributed by atoms with Gasteiger partial charge in [0, 0.05) is 30.1 Å². The van der Waals surface area contributed by atoms with Crippen molar-refractivity contribution < 1.29 is 9.34 Å². The summed E-state index contributed by atoms with van der Waals surface area (Å²) in [4.78, 5) is 14.2. The van der Waals surface area contributed by atoms with E-state index in [1.165, 1.54) is 12.1 Å². The summed E-state index contributed by atoms with van der Waals surface area (Å²) < 4.78 is 5.51.